The number of nitrogens with one attached hydrogen (secondary N) is 3. The summed E-state index contributed by atoms with van der Waals surface area (Å²) >= 11 is 0. The molecule has 2 aromatic rings. The van der Waals surface area contributed by atoms with Gasteiger partial charge in [-0.25, -0.2) is 14.6 Å². The maximum Gasteiger partial charge on any atom is 0.333 e. The fourth-order valence-corrected chi connectivity index (χ4v) is 1.63. The van der Waals surface area contributed by atoms with Crippen molar-refractivity contribution in [3.63, 3.8) is 0 Å². The Morgan fingerprint density at radius 2 is 1.86 bits per heavy atom. The number of carbonyl (C=O) groups is 2. The minimum absolute atomic E-state index is 0.215. The van der Waals surface area contributed by atoms with Crippen molar-refractivity contribution in [3.8, 4) is 0 Å². The summed E-state index contributed by atoms with van der Waals surface area (Å²) < 4.78 is 17.7. The quantitative estimate of drug-likeness (QED) is 0.755. The maximum absolute atomic E-state index is 12.7. The Morgan fingerprint density at radius 3 is 2.48 bits per heavy atom. The van der Waals surface area contributed by atoms with E-state index in [0.29, 0.717) is 11.3 Å². The normalized spacial score (nSPS) is 10.0. The van der Waals surface area contributed by atoms with Gasteiger partial charge in [0, 0.05) is 6.54 Å². The van der Waals surface area contributed by atoms with E-state index in [1.165, 1.54) is 24.5 Å². The number of urea groups is 1. The Balaban J connectivity index is 1.76. The monoisotopic (exact) mass is 291 g/mol. The Morgan fingerprint density at radius 1 is 1.14 bits per heavy atom. The van der Waals surface area contributed by atoms with Gasteiger partial charge in [-0.2, -0.15) is 0 Å². The van der Waals surface area contributed by atoms with Crippen LogP contribution in [0.1, 0.15) is 21.7 Å². The van der Waals surface area contributed by atoms with Gasteiger partial charge < -0.3 is 9.73 Å². The summed E-state index contributed by atoms with van der Waals surface area (Å²) in [6, 6.07) is 6.65. The highest BCUT2D eigenvalue weighted by molar-refractivity contribution is 5.95. The lowest BCUT2D eigenvalue weighted by Gasteiger charge is -2.08. The van der Waals surface area contributed by atoms with E-state index < -0.39 is 11.9 Å². The summed E-state index contributed by atoms with van der Waals surface area (Å²) in [6.45, 7) is 1.86. The molecule has 6 nitrogen and oxygen atoms in total. The van der Waals surface area contributed by atoms with Crippen LogP contribution in [0, 0.1) is 12.7 Å². The van der Waals surface area contributed by atoms with Crippen LogP contribution in [0.5, 0.6) is 0 Å². The molecule has 0 fully saturated rings. The molecule has 21 heavy (non-hydrogen) atoms. The van der Waals surface area contributed by atoms with Gasteiger partial charge in [0.05, 0.1) is 11.8 Å². The average molecular weight is 291 g/mol. The Kier molecular flexibility index (Phi) is 4.55. The van der Waals surface area contributed by atoms with Crippen molar-refractivity contribution in [3.05, 3.63) is 59.3 Å². The number of halogens is 1. The van der Waals surface area contributed by atoms with Crippen LogP contribution in [-0.4, -0.2) is 11.9 Å². The number of rotatable bonds is 3. The smallest absolute Gasteiger partial charge is 0.333 e. The highest BCUT2D eigenvalue weighted by atomic mass is 19.1. The molecule has 7 heteroatoms. The number of amides is 3. The zero-order chi connectivity index (χ0) is 15.2. The van der Waals surface area contributed by atoms with Crippen molar-refractivity contribution in [2.45, 2.75) is 13.5 Å². The van der Waals surface area contributed by atoms with E-state index in [9.17, 15) is 14.0 Å². The second-order valence-electron chi connectivity index (χ2n) is 4.28. The number of carbonyl (C=O) groups excluding carboxylic acids is 2. The van der Waals surface area contributed by atoms with Gasteiger partial charge in [0.2, 0.25) is 0 Å². The summed E-state index contributed by atoms with van der Waals surface area (Å²) in [4.78, 5) is 23.2. The van der Waals surface area contributed by atoms with Gasteiger partial charge >= 0.3 is 6.03 Å². The molecule has 1 aromatic carbocycles. The maximum atomic E-state index is 12.7. The van der Waals surface area contributed by atoms with Gasteiger partial charge in [0.25, 0.3) is 5.91 Å². The summed E-state index contributed by atoms with van der Waals surface area (Å²) in [5.41, 5.74) is 5.55. The van der Waals surface area contributed by atoms with Crippen molar-refractivity contribution in [1.29, 1.82) is 0 Å². The highest BCUT2D eigenvalue weighted by Gasteiger charge is 2.11. The third kappa shape index (κ3) is 4.07. The van der Waals surface area contributed by atoms with Crippen molar-refractivity contribution in [1.82, 2.24) is 16.2 Å². The minimum Gasteiger partial charge on any atom is -0.469 e. The van der Waals surface area contributed by atoms with Crippen LogP contribution in [0.3, 0.4) is 0 Å². The first-order valence-corrected chi connectivity index (χ1v) is 6.19. The molecular formula is C14H14FN3O3. The first-order valence-electron chi connectivity index (χ1n) is 6.19. The number of aryl methyl sites for hydroxylation is 1. The SMILES string of the molecule is Cc1occc1C(=O)NNC(=O)NCc1ccc(F)cc1. The predicted molar refractivity (Wildman–Crippen MR) is 72.7 cm³/mol. The van der Waals surface area contributed by atoms with E-state index in [2.05, 4.69) is 16.2 Å². The first-order chi connectivity index (χ1) is 10.1. The fourth-order valence-electron chi connectivity index (χ4n) is 1.63. The molecule has 0 saturated heterocycles. The summed E-state index contributed by atoms with van der Waals surface area (Å²) in [5, 5.41) is 2.52. The molecule has 3 amide bonds. The zero-order valence-electron chi connectivity index (χ0n) is 11.3. The minimum atomic E-state index is -0.575. The standard InChI is InChI=1S/C14H14FN3O3/c1-9-12(6-7-21-9)13(19)17-18-14(20)16-8-10-2-4-11(15)5-3-10/h2-7H,8H2,1H3,(H,17,19)(H2,16,18,20). The van der Waals surface area contributed by atoms with Gasteiger partial charge in [0.15, 0.2) is 0 Å². The summed E-state index contributed by atoms with van der Waals surface area (Å²) in [6.07, 6.45) is 1.39. The number of benzene rings is 1. The first kappa shape index (κ1) is 14.6. The molecule has 2 rings (SSSR count). The largest absolute Gasteiger partial charge is 0.469 e. The molecule has 110 valence electrons. The number of hydrogen-bond donors (Lipinski definition) is 3. The molecule has 0 radical (unpaired) electrons. The average Bonchev–Trinajstić information content (AvgIpc) is 2.90. The van der Waals surface area contributed by atoms with Gasteiger partial charge in [-0.15, -0.1) is 0 Å². The highest BCUT2D eigenvalue weighted by Crippen LogP contribution is 2.07. The molecule has 0 aliphatic rings. The summed E-state index contributed by atoms with van der Waals surface area (Å²) in [7, 11) is 0. The van der Waals surface area contributed by atoms with Crippen molar-refractivity contribution in [2.24, 2.45) is 0 Å². The summed E-state index contributed by atoms with van der Waals surface area (Å²) in [5.74, 6) is -0.356. The second kappa shape index (κ2) is 6.56. The van der Waals surface area contributed by atoms with Crippen molar-refractivity contribution in [2.75, 3.05) is 0 Å². The Bertz CT molecular complexity index is 637. The van der Waals surface area contributed by atoms with Gasteiger partial charge in [0.1, 0.15) is 11.6 Å². The molecule has 0 aliphatic carbocycles. The predicted octanol–water partition coefficient (Wildman–Crippen LogP) is 1.87. The van der Waals surface area contributed by atoms with Gasteiger partial charge in [-0.3, -0.25) is 10.2 Å². The van der Waals surface area contributed by atoms with Crippen LogP contribution in [0.4, 0.5) is 9.18 Å². The Hall–Kier alpha value is -2.83. The molecule has 0 atom stereocenters. The third-order valence-electron chi connectivity index (χ3n) is 2.76. The molecule has 0 bridgehead atoms. The molecule has 0 saturated carbocycles. The molecule has 0 spiro atoms. The van der Waals surface area contributed by atoms with E-state index in [0.717, 1.165) is 5.56 Å². The van der Waals surface area contributed by atoms with Crippen molar-refractivity contribution < 1.29 is 18.4 Å². The molecule has 1 aromatic heterocycles. The molecular weight excluding hydrogens is 277 g/mol. The van der Waals surface area contributed by atoms with E-state index in [4.69, 9.17) is 4.42 Å². The number of hydrogen-bond acceptors (Lipinski definition) is 3. The van der Waals surface area contributed by atoms with Crippen LogP contribution in [0.2, 0.25) is 0 Å². The van der Waals surface area contributed by atoms with Crippen LogP contribution in [0.25, 0.3) is 0 Å². The molecule has 3 N–H and O–H groups in total. The number of hydrazine groups is 1. The molecule has 0 unspecified atom stereocenters. The zero-order valence-corrected chi connectivity index (χ0v) is 11.3. The topological polar surface area (TPSA) is 83.4 Å². The van der Waals surface area contributed by atoms with E-state index in [1.54, 1.807) is 19.1 Å². The lowest BCUT2D eigenvalue weighted by Crippen LogP contribution is -2.46. The fraction of sp³-hybridized carbons (Fsp3) is 0.143. The Labute approximate surface area is 120 Å². The van der Waals surface area contributed by atoms with Crippen LogP contribution < -0.4 is 16.2 Å². The van der Waals surface area contributed by atoms with E-state index >= 15 is 0 Å². The van der Waals surface area contributed by atoms with E-state index in [-0.39, 0.29) is 12.4 Å². The third-order valence-corrected chi connectivity index (χ3v) is 2.76. The lowest BCUT2D eigenvalue weighted by atomic mass is 10.2. The van der Waals surface area contributed by atoms with Gasteiger partial charge in [-0.1, -0.05) is 12.1 Å². The molecule has 0 aliphatic heterocycles. The molecule has 1 heterocycles. The second-order valence-corrected chi connectivity index (χ2v) is 4.28. The van der Waals surface area contributed by atoms with Crippen LogP contribution in [0.15, 0.2) is 41.0 Å². The van der Waals surface area contributed by atoms with Gasteiger partial charge in [-0.05, 0) is 30.7 Å². The van der Waals surface area contributed by atoms with Crippen LogP contribution in [-0.2, 0) is 6.54 Å². The van der Waals surface area contributed by atoms with E-state index in [1.807, 2.05) is 0 Å². The van der Waals surface area contributed by atoms with Crippen molar-refractivity contribution >= 4 is 11.9 Å². The lowest BCUT2D eigenvalue weighted by molar-refractivity contribution is 0.0934. The number of furan rings is 1. The van der Waals surface area contributed by atoms with Crippen LogP contribution >= 0.6 is 0 Å².